The lowest BCUT2D eigenvalue weighted by atomic mass is 9.87. The number of guanidine groups is 1. The van der Waals surface area contributed by atoms with E-state index < -0.39 is 0 Å². The van der Waals surface area contributed by atoms with Gasteiger partial charge in [-0.1, -0.05) is 46.8 Å². The maximum atomic E-state index is 4.50. The van der Waals surface area contributed by atoms with Crippen LogP contribution in [-0.2, 0) is 18.5 Å². The van der Waals surface area contributed by atoms with E-state index in [0.717, 1.165) is 44.3 Å². The fourth-order valence-corrected chi connectivity index (χ4v) is 4.07. The van der Waals surface area contributed by atoms with Crippen LogP contribution in [0, 0.1) is 5.92 Å². The molecule has 0 saturated carbocycles. The third-order valence-electron chi connectivity index (χ3n) is 5.94. The van der Waals surface area contributed by atoms with Crippen molar-refractivity contribution in [2.24, 2.45) is 10.9 Å². The number of aromatic nitrogens is 2. The first-order chi connectivity index (χ1) is 14.8. The van der Waals surface area contributed by atoms with Gasteiger partial charge in [-0.3, -0.25) is 4.99 Å². The molecule has 32 heavy (non-hydrogen) atoms. The number of halogens is 1. The average molecular weight is 553 g/mol. The van der Waals surface area contributed by atoms with Gasteiger partial charge >= 0.3 is 0 Å². The molecule has 1 aromatic heterocycles. The molecule has 2 heterocycles. The first kappa shape index (κ1) is 26.5. The van der Waals surface area contributed by atoms with Crippen LogP contribution in [0.15, 0.2) is 41.7 Å². The number of anilines is 1. The summed E-state index contributed by atoms with van der Waals surface area (Å²) in [4.78, 5) is 11.4. The number of aliphatic imine (C=N–C) groups is 1. The molecule has 0 aliphatic carbocycles. The summed E-state index contributed by atoms with van der Waals surface area (Å²) >= 11 is 0. The molecular formula is C25H41IN6. The number of nitrogens with zero attached hydrogens (tertiary/aromatic N) is 4. The van der Waals surface area contributed by atoms with Gasteiger partial charge < -0.3 is 20.1 Å². The van der Waals surface area contributed by atoms with Crippen LogP contribution < -0.4 is 15.5 Å². The van der Waals surface area contributed by atoms with Crippen LogP contribution in [0.4, 0.5) is 5.69 Å². The zero-order valence-electron chi connectivity index (χ0n) is 20.6. The second-order valence-electron chi connectivity index (χ2n) is 10.0. The Morgan fingerprint density at radius 3 is 2.38 bits per heavy atom. The average Bonchev–Trinajstić information content (AvgIpc) is 3.17. The van der Waals surface area contributed by atoms with E-state index in [-0.39, 0.29) is 29.4 Å². The number of rotatable bonds is 6. The van der Waals surface area contributed by atoms with Crippen LogP contribution in [0.1, 0.15) is 58.8 Å². The van der Waals surface area contributed by atoms with Gasteiger partial charge in [0.1, 0.15) is 5.82 Å². The molecule has 0 atom stereocenters. The van der Waals surface area contributed by atoms with Crippen molar-refractivity contribution in [2.75, 3.05) is 25.0 Å². The number of benzene rings is 1. The molecule has 6 nitrogen and oxygen atoms in total. The van der Waals surface area contributed by atoms with Gasteiger partial charge in [-0.05, 0) is 41.9 Å². The summed E-state index contributed by atoms with van der Waals surface area (Å²) in [5.41, 5.74) is 2.91. The molecule has 3 rings (SSSR count). The van der Waals surface area contributed by atoms with Gasteiger partial charge in [0.15, 0.2) is 5.96 Å². The largest absolute Gasteiger partial charge is 0.371 e. The highest BCUT2D eigenvalue weighted by Crippen LogP contribution is 2.26. The number of hydrogen-bond acceptors (Lipinski definition) is 3. The molecule has 0 unspecified atom stereocenters. The van der Waals surface area contributed by atoms with Crippen molar-refractivity contribution >= 4 is 35.6 Å². The maximum Gasteiger partial charge on any atom is 0.191 e. The Morgan fingerprint density at radius 2 is 1.81 bits per heavy atom. The molecule has 2 N–H and O–H groups in total. The summed E-state index contributed by atoms with van der Waals surface area (Å²) in [6.45, 7) is 15.0. The van der Waals surface area contributed by atoms with Crippen LogP contribution in [0.25, 0.3) is 0 Å². The quantitative estimate of drug-likeness (QED) is 0.308. The lowest BCUT2D eigenvalue weighted by Crippen LogP contribution is -2.48. The zero-order chi connectivity index (χ0) is 22.4. The summed E-state index contributed by atoms with van der Waals surface area (Å²) < 4.78 is 2.22. The highest BCUT2D eigenvalue weighted by atomic mass is 127. The van der Waals surface area contributed by atoms with Gasteiger partial charge in [-0.2, -0.15) is 0 Å². The lowest BCUT2D eigenvalue weighted by Gasteiger charge is -2.35. The van der Waals surface area contributed by atoms with E-state index in [9.17, 15) is 0 Å². The predicted molar refractivity (Wildman–Crippen MR) is 146 cm³/mol. The summed E-state index contributed by atoms with van der Waals surface area (Å²) in [7, 11) is 1.84. The molecule has 1 aromatic carbocycles. The summed E-state index contributed by atoms with van der Waals surface area (Å²) in [6.07, 6.45) is 6.13. The molecular weight excluding hydrogens is 511 g/mol. The van der Waals surface area contributed by atoms with Crippen LogP contribution in [0.2, 0.25) is 0 Å². The highest BCUT2D eigenvalue weighted by Gasteiger charge is 2.21. The minimum atomic E-state index is 0. The standard InChI is InChI=1S/C25H40N6.HI/c1-19(2)18-31-16-13-27-23(31)17-28-24(26-6)29-21-11-14-30(15-12-21)22-9-7-20(8-10-22)25(3,4)5;/h7-10,13,16,19,21H,11-12,14-15,17-18H2,1-6H3,(H2,26,28,29);1H. The fraction of sp³-hybridized carbons (Fsp3) is 0.600. The van der Waals surface area contributed by atoms with E-state index in [1.54, 1.807) is 0 Å². The Labute approximate surface area is 211 Å². The molecule has 0 bridgehead atoms. The Bertz CT molecular complexity index is 842. The van der Waals surface area contributed by atoms with Crippen molar-refractivity contribution in [3.63, 3.8) is 0 Å². The molecule has 0 radical (unpaired) electrons. The minimum Gasteiger partial charge on any atom is -0.371 e. The molecule has 178 valence electrons. The van der Waals surface area contributed by atoms with E-state index >= 15 is 0 Å². The Hall–Kier alpha value is -1.77. The maximum absolute atomic E-state index is 4.50. The molecule has 0 amide bonds. The molecule has 1 fully saturated rings. The van der Waals surface area contributed by atoms with Gasteiger partial charge in [0.25, 0.3) is 0 Å². The number of imidazole rings is 1. The SMILES string of the molecule is CN=C(NCc1nccn1CC(C)C)NC1CCN(c2ccc(C(C)(C)C)cc2)CC1.I. The van der Waals surface area contributed by atoms with E-state index in [4.69, 9.17) is 0 Å². The number of piperidine rings is 1. The topological polar surface area (TPSA) is 57.5 Å². The smallest absolute Gasteiger partial charge is 0.191 e. The van der Waals surface area contributed by atoms with Gasteiger partial charge in [-0.15, -0.1) is 24.0 Å². The van der Waals surface area contributed by atoms with Crippen molar-refractivity contribution in [2.45, 2.75) is 72.0 Å². The fourth-order valence-electron chi connectivity index (χ4n) is 4.07. The van der Waals surface area contributed by atoms with Crippen LogP contribution in [-0.4, -0.2) is 41.7 Å². The van der Waals surface area contributed by atoms with Crippen molar-refractivity contribution in [1.29, 1.82) is 0 Å². The summed E-state index contributed by atoms with van der Waals surface area (Å²) in [5.74, 6) is 2.50. The zero-order valence-corrected chi connectivity index (χ0v) is 22.9. The van der Waals surface area contributed by atoms with E-state index in [1.807, 2.05) is 13.2 Å². The van der Waals surface area contributed by atoms with Crippen LogP contribution >= 0.6 is 24.0 Å². The Balaban J connectivity index is 0.00000363. The third kappa shape index (κ3) is 7.39. The van der Waals surface area contributed by atoms with Crippen molar-refractivity contribution in [3.8, 4) is 0 Å². The second kappa shape index (κ2) is 11.9. The van der Waals surface area contributed by atoms with Crippen LogP contribution in [0.5, 0.6) is 0 Å². The molecule has 0 spiro atoms. The first-order valence-electron chi connectivity index (χ1n) is 11.6. The second-order valence-corrected chi connectivity index (χ2v) is 10.0. The third-order valence-corrected chi connectivity index (χ3v) is 5.94. The first-order valence-corrected chi connectivity index (χ1v) is 11.6. The normalized spacial score (nSPS) is 15.6. The van der Waals surface area contributed by atoms with E-state index in [2.05, 4.69) is 95.2 Å². The van der Waals surface area contributed by atoms with Crippen molar-refractivity contribution in [1.82, 2.24) is 20.2 Å². The van der Waals surface area contributed by atoms with Crippen molar-refractivity contribution in [3.05, 3.63) is 48.0 Å². The molecule has 2 aromatic rings. The number of hydrogen-bond donors (Lipinski definition) is 2. The van der Waals surface area contributed by atoms with Gasteiger partial charge in [0.2, 0.25) is 0 Å². The monoisotopic (exact) mass is 552 g/mol. The predicted octanol–water partition coefficient (Wildman–Crippen LogP) is 4.79. The molecule has 7 heteroatoms. The molecule has 1 aliphatic rings. The summed E-state index contributed by atoms with van der Waals surface area (Å²) in [6, 6.07) is 9.53. The van der Waals surface area contributed by atoms with Gasteiger partial charge in [0, 0.05) is 50.8 Å². The highest BCUT2D eigenvalue weighted by molar-refractivity contribution is 14.0. The van der Waals surface area contributed by atoms with Gasteiger partial charge in [0.05, 0.1) is 6.54 Å². The van der Waals surface area contributed by atoms with Crippen molar-refractivity contribution < 1.29 is 0 Å². The van der Waals surface area contributed by atoms with Crippen LogP contribution in [0.3, 0.4) is 0 Å². The Morgan fingerprint density at radius 1 is 1.16 bits per heavy atom. The Kier molecular flexibility index (Phi) is 9.85. The lowest BCUT2D eigenvalue weighted by molar-refractivity contribution is 0.460. The van der Waals surface area contributed by atoms with Gasteiger partial charge in [-0.25, -0.2) is 4.98 Å². The number of nitrogens with one attached hydrogen (secondary N) is 2. The van der Waals surface area contributed by atoms with E-state index in [0.29, 0.717) is 18.5 Å². The summed E-state index contributed by atoms with van der Waals surface area (Å²) in [5, 5.41) is 7.04. The minimum absolute atomic E-state index is 0. The van der Waals surface area contributed by atoms with E-state index in [1.165, 1.54) is 11.3 Å². The molecule has 1 saturated heterocycles. The molecule has 1 aliphatic heterocycles.